The van der Waals surface area contributed by atoms with Gasteiger partial charge in [-0.1, -0.05) is 58.3 Å². The van der Waals surface area contributed by atoms with E-state index in [9.17, 15) is 9.59 Å². The smallest absolute Gasteiger partial charge is 0.338 e. The Morgan fingerprint density at radius 2 is 1.23 bits per heavy atom. The van der Waals surface area contributed by atoms with Crippen molar-refractivity contribution < 1.29 is 19.1 Å². The molecule has 1 aromatic rings. The first-order chi connectivity index (χ1) is 12.5. The molecule has 1 aromatic carbocycles. The van der Waals surface area contributed by atoms with E-state index in [1.54, 1.807) is 38.1 Å². The first-order valence-corrected chi connectivity index (χ1v) is 10.0. The molecule has 0 saturated carbocycles. The average molecular weight is 363 g/mol. The van der Waals surface area contributed by atoms with Crippen molar-refractivity contribution >= 4 is 11.9 Å². The Kier molecular flexibility index (Phi) is 11.4. The molecule has 26 heavy (non-hydrogen) atoms. The van der Waals surface area contributed by atoms with Gasteiger partial charge in [0.2, 0.25) is 0 Å². The second-order valence-electron chi connectivity index (χ2n) is 7.00. The van der Waals surface area contributed by atoms with E-state index in [1.165, 1.54) is 44.9 Å². The number of benzene rings is 1. The number of ether oxygens (including phenoxy) is 2. The van der Waals surface area contributed by atoms with Crippen molar-refractivity contribution in [3.63, 3.8) is 0 Å². The van der Waals surface area contributed by atoms with Gasteiger partial charge in [0.05, 0.1) is 23.8 Å². The van der Waals surface area contributed by atoms with Gasteiger partial charge < -0.3 is 9.47 Å². The minimum atomic E-state index is -0.380. The molecule has 0 aromatic heterocycles. The van der Waals surface area contributed by atoms with Crippen LogP contribution in [0.4, 0.5) is 0 Å². The zero-order valence-electron chi connectivity index (χ0n) is 16.6. The molecule has 0 unspecified atom stereocenters. The fourth-order valence-electron chi connectivity index (χ4n) is 2.69. The van der Waals surface area contributed by atoms with Crippen LogP contribution < -0.4 is 0 Å². The van der Waals surface area contributed by atoms with Crippen LogP contribution in [0.5, 0.6) is 0 Å². The molecule has 0 atom stereocenters. The third kappa shape index (κ3) is 9.59. The molecule has 0 aliphatic rings. The van der Waals surface area contributed by atoms with Gasteiger partial charge in [-0.15, -0.1) is 0 Å². The van der Waals surface area contributed by atoms with E-state index >= 15 is 0 Å². The van der Waals surface area contributed by atoms with E-state index in [-0.39, 0.29) is 18.0 Å². The van der Waals surface area contributed by atoms with Gasteiger partial charge in [0.15, 0.2) is 0 Å². The summed E-state index contributed by atoms with van der Waals surface area (Å²) in [5.74, 6) is -0.719. The quantitative estimate of drug-likeness (QED) is 0.322. The van der Waals surface area contributed by atoms with Crippen LogP contribution >= 0.6 is 0 Å². The van der Waals surface area contributed by atoms with Crippen LogP contribution in [0.15, 0.2) is 24.3 Å². The van der Waals surface area contributed by atoms with Gasteiger partial charge in [-0.2, -0.15) is 0 Å². The summed E-state index contributed by atoms with van der Waals surface area (Å²) in [5, 5.41) is 0. The predicted molar refractivity (Wildman–Crippen MR) is 105 cm³/mol. The second-order valence-corrected chi connectivity index (χ2v) is 7.00. The monoisotopic (exact) mass is 362 g/mol. The molecule has 146 valence electrons. The van der Waals surface area contributed by atoms with Crippen LogP contribution in [-0.4, -0.2) is 24.6 Å². The van der Waals surface area contributed by atoms with Crippen LogP contribution in [0.2, 0.25) is 0 Å². The zero-order chi connectivity index (χ0) is 19.2. The second kappa shape index (κ2) is 13.4. The van der Waals surface area contributed by atoms with Crippen molar-refractivity contribution in [2.45, 2.75) is 84.7 Å². The Morgan fingerprint density at radius 3 is 1.73 bits per heavy atom. The third-order valence-corrected chi connectivity index (χ3v) is 4.18. The number of carbonyl (C=O) groups excluding carboxylic acids is 2. The summed E-state index contributed by atoms with van der Waals surface area (Å²) in [6.07, 6.45) is 10.9. The highest BCUT2D eigenvalue weighted by molar-refractivity contribution is 5.93. The first-order valence-electron chi connectivity index (χ1n) is 10.0. The van der Waals surface area contributed by atoms with E-state index in [1.807, 2.05) is 0 Å². The summed E-state index contributed by atoms with van der Waals surface area (Å²) in [4.78, 5) is 23.8. The largest absolute Gasteiger partial charge is 0.462 e. The van der Waals surface area contributed by atoms with Gasteiger partial charge in [-0.3, -0.25) is 0 Å². The normalized spacial score (nSPS) is 10.8. The van der Waals surface area contributed by atoms with Crippen molar-refractivity contribution in [2.75, 3.05) is 6.61 Å². The summed E-state index contributed by atoms with van der Waals surface area (Å²) in [5.41, 5.74) is 0.899. The molecule has 0 fully saturated rings. The molecule has 1 rings (SSSR count). The molecule has 4 heteroatoms. The SMILES string of the molecule is CCCCCCCCCCCOC(=O)c1ccc(C(=O)OC(C)C)cc1. The molecular weight excluding hydrogens is 328 g/mol. The highest BCUT2D eigenvalue weighted by Crippen LogP contribution is 2.11. The van der Waals surface area contributed by atoms with E-state index in [0.717, 1.165) is 12.8 Å². The predicted octanol–water partition coefficient (Wildman–Crippen LogP) is 5.94. The Hall–Kier alpha value is -1.84. The molecule has 0 radical (unpaired) electrons. The minimum absolute atomic E-state index is 0.163. The molecule has 0 aliphatic carbocycles. The van der Waals surface area contributed by atoms with Crippen LogP contribution in [0.1, 0.15) is 99.3 Å². The highest BCUT2D eigenvalue weighted by Gasteiger charge is 2.11. The molecule has 0 amide bonds. The van der Waals surface area contributed by atoms with Gasteiger partial charge in [0.25, 0.3) is 0 Å². The van der Waals surface area contributed by atoms with Gasteiger partial charge >= 0.3 is 11.9 Å². The lowest BCUT2D eigenvalue weighted by molar-refractivity contribution is 0.0376. The molecular formula is C22H34O4. The first kappa shape index (κ1) is 22.2. The highest BCUT2D eigenvalue weighted by atomic mass is 16.5. The maximum atomic E-state index is 12.0. The van der Waals surface area contributed by atoms with Gasteiger partial charge in [-0.25, -0.2) is 9.59 Å². The maximum Gasteiger partial charge on any atom is 0.338 e. The average Bonchev–Trinajstić information content (AvgIpc) is 2.62. The van der Waals surface area contributed by atoms with Crippen molar-refractivity contribution in [3.05, 3.63) is 35.4 Å². The van der Waals surface area contributed by atoms with Crippen LogP contribution in [0.25, 0.3) is 0 Å². The molecule has 0 bridgehead atoms. The van der Waals surface area contributed by atoms with E-state index in [2.05, 4.69) is 6.92 Å². The van der Waals surface area contributed by atoms with Crippen LogP contribution in [0.3, 0.4) is 0 Å². The number of carbonyl (C=O) groups is 2. The Balaban J connectivity index is 2.16. The molecule has 4 nitrogen and oxygen atoms in total. The number of unbranched alkanes of at least 4 members (excludes halogenated alkanes) is 8. The Morgan fingerprint density at radius 1 is 0.769 bits per heavy atom. The number of esters is 2. The van der Waals surface area contributed by atoms with Gasteiger partial charge in [-0.05, 0) is 44.5 Å². The minimum Gasteiger partial charge on any atom is -0.462 e. The lowest BCUT2D eigenvalue weighted by Crippen LogP contribution is -2.12. The maximum absolute atomic E-state index is 12.0. The molecule has 0 heterocycles. The fourth-order valence-corrected chi connectivity index (χ4v) is 2.69. The van der Waals surface area contributed by atoms with Crippen molar-refractivity contribution in [2.24, 2.45) is 0 Å². The summed E-state index contributed by atoms with van der Waals surface area (Å²) in [7, 11) is 0. The van der Waals surface area contributed by atoms with Gasteiger partial charge in [0, 0.05) is 0 Å². The lowest BCUT2D eigenvalue weighted by atomic mass is 10.1. The number of rotatable bonds is 13. The van der Waals surface area contributed by atoms with E-state index in [0.29, 0.717) is 17.7 Å². The Bertz CT molecular complexity index is 519. The van der Waals surface area contributed by atoms with E-state index < -0.39 is 0 Å². The van der Waals surface area contributed by atoms with Crippen LogP contribution in [-0.2, 0) is 9.47 Å². The van der Waals surface area contributed by atoms with Crippen LogP contribution in [0, 0.1) is 0 Å². The van der Waals surface area contributed by atoms with Crippen molar-refractivity contribution in [1.82, 2.24) is 0 Å². The van der Waals surface area contributed by atoms with Gasteiger partial charge in [0.1, 0.15) is 0 Å². The fraction of sp³-hybridized carbons (Fsp3) is 0.636. The zero-order valence-corrected chi connectivity index (χ0v) is 16.6. The lowest BCUT2D eigenvalue weighted by Gasteiger charge is -2.08. The summed E-state index contributed by atoms with van der Waals surface area (Å²) in [6.45, 7) is 6.29. The summed E-state index contributed by atoms with van der Waals surface area (Å²) < 4.78 is 10.4. The standard InChI is InChI=1S/C22H34O4/c1-4-5-6-7-8-9-10-11-12-17-25-21(23)19-13-15-20(16-14-19)22(24)26-18(2)3/h13-16,18H,4-12,17H2,1-3H3. The summed E-state index contributed by atoms with van der Waals surface area (Å²) >= 11 is 0. The number of hydrogen-bond donors (Lipinski definition) is 0. The van der Waals surface area contributed by atoms with Crippen molar-refractivity contribution in [3.8, 4) is 0 Å². The Labute approximate surface area is 158 Å². The number of hydrogen-bond acceptors (Lipinski definition) is 4. The molecule has 0 saturated heterocycles. The van der Waals surface area contributed by atoms with Crippen molar-refractivity contribution in [1.29, 1.82) is 0 Å². The third-order valence-electron chi connectivity index (χ3n) is 4.18. The molecule has 0 aliphatic heterocycles. The van der Waals surface area contributed by atoms with E-state index in [4.69, 9.17) is 9.47 Å². The molecule has 0 N–H and O–H groups in total. The molecule has 0 spiro atoms. The topological polar surface area (TPSA) is 52.6 Å². The summed E-state index contributed by atoms with van der Waals surface area (Å²) in [6, 6.07) is 6.41.